The highest BCUT2D eigenvalue weighted by Crippen LogP contribution is 2.37. The van der Waals surface area contributed by atoms with Crippen molar-refractivity contribution in [3.63, 3.8) is 0 Å². The van der Waals surface area contributed by atoms with E-state index in [2.05, 4.69) is 10.3 Å². The first-order valence-electron chi connectivity index (χ1n) is 8.08. The molecule has 2 heterocycles. The summed E-state index contributed by atoms with van der Waals surface area (Å²) in [4.78, 5) is 29.0. The van der Waals surface area contributed by atoms with Crippen LogP contribution in [0.1, 0.15) is 37.1 Å². The number of likely N-dealkylation sites (tertiary alicyclic amines) is 1. The van der Waals surface area contributed by atoms with Gasteiger partial charge in [-0.2, -0.15) is 13.2 Å². The Kier molecular flexibility index (Phi) is 4.68. The van der Waals surface area contributed by atoms with Gasteiger partial charge in [-0.1, -0.05) is 6.07 Å². The molecule has 6 nitrogen and oxygen atoms in total. The first-order valence-corrected chi connectivity index (χ1v) is 8.08. The number of hydrogen-bond acceptors (Lipinski definition) is 4. The third-order valence-electron chi connectivity index (χ3n) is 4.53. The number of amides is 1. The number of hydrogen-bond donors (Lipinski definition) is 2. The van der Waals surface area contributed by atoms with E-state index in [4.69, 9.17) is 0 Å². The highest BCUT2D eigenvalue weighted by Gasteiger charge is 2.48. The Bertz CT molecular complexity index is 676. The molecule has 0 radical (unpaired) electrons. The molecule has 2 fully saturated rings. The maximum atomic E-state index is 12.7. The van der Waals surface area contributed by atoms with E-state index >= 15 is 0 Å². The van der Waals surface area contributed by atoms with E-state index in [0.29, 0.717) is 12.8 Å². The minimum absolute atomic E-state index is 0.103. The maximum Gasteiger partial charge on any atom is 0.433 e. The van der Waals surface area contributed by atoms with Crippen molar-refractivity contribution < 1.29 is 27.9 Å². The summed E-state index contributed by atoms with van der Waals surface area (Å²) in [5.74, 6) is -1.31. The van der Waals surface area contributed by atoms with Gasteiger partial charge in [0.2, 0.25) is 5.91 Å². The van der Waals surface area contributed by atoms with Crippen molar-refractivity contribution in [2.24, 2.45) is 0 Å². The van der Waals surface area contributed by atoms with Crippen LogP contribution < -0.4 is 5.32 Å². The van der Waals surface area contributed by atoms with Crippen LogP contribution in [-0.4, -0.2) is 45.0 Å². The lowest BCUT2D eigenvalue weighted by Crippen LogP contribution is -2.49. The lowest BCUT2D eigenvalue weighted by atomic mass is 10.2. The molecule has 2 unspecified atom stereocenters. The van der Waals surface area contributed by atoms with Crippen molar-refractivity contribution in [2.45, 2.75) is 56.5 Å². The van der Waals surface area contributed by atoms with E-state index in [1.807, 2.05) is 0 Å². The van der Waals surface area contributed by atoms with Gasteiger partial charge in [0.25, 0.3) is 0 Å². The second-order valence-corrected chi connectivity index (χ2v) is 6.36. The number of aliphatic carboxylic acids is 1. The van der Waals surface area contributed by atoms with Gasteiger partial charge < -0.3 is 10.4 Å². The van der Waals surface area contributed by atoms with Gasteiger partial charge in [-0.3, -0.25) is 14.5 Å². The summed E-state index contributed by atoms with van der Waals surface area (Å²) in [6, 6.07) is 2.39. The van der Waals surface area contributed by atoms with Crippen LogP contribution in [0, 0.1) is 0 Å². The zero-order chi connectivity index (χ0) is 18.2. The van der Waals surface area contributed by atoms with Crippen molar-refractivity contribution in [2.75, 3.05) is 0 Å². The number of carbonyl (C=O) groups is 2. The molecule has 0 bridgehead atoms. The second-order valence-electron chi connectivity index (χ2n) is 6.36. The summed E-state index contributed by atoms with van der Waals surface area (Å²) in [7, 11) is 0. The van der Waals surface area contributed by atoms with Gasteiger partial charge in [-0.25, -0.2) is 4.98 Å². The van der Waals surface area contributed by atoms with Crippen molar-refractivity contribution in [1.82, 2.24) is 15.2 Å². The summed E-state index contributed by atoms with van der Waals surface area (Å²) in [6.45, 7) is -0.129. The van der Waals surface area contributed by atoms with Crippen LogP contribution in [0.5, 0.6) is 0 Å². The van der Waals surface area contributed by atoms with Crippen molar-refractivity contribution >= 4 is 11.9 Å². The zero-order valence-corrected chi connectivity index (χ0v) is 13.3. The predicted octanol–water partition coefficient (Wildman–Crippen LogP) is 1.80. The molecule has 2 aliphatic rings. The molecule has 1 aliphatic heterocycles. The van der Waals surface area contributed by atoms with Gasteiger partial charge in [0.05, 0.1) is 18.3 Å². The molecule has 1 aliphatic carbocycles. The fourth-order valence-corrected chi connectivity index (χ4v) is 3.26. The minimum atomic E-state index is -4.54. The number of alkyl halides is 3. The van der Waals surface area contributed by atoms with Gasteiger partial charge in [0, 0.05) is 6.04 Å². The minimum Gasteiger partial charge on any atom is -0.480 e. The molecule has 0 spiro atoms. The summed E-state index contributed by atoms with van der Waals surface area (Å²) in [5.41, 5.74) is -0.903. The summed E-state index contributed by atoms with van der Waals surface area (Å²) in [6.07, 6.45) is -1.99. The first-order chi connectivity index (χ1) is 11.8. The SMILES string of the molecule is O=C(O)C1CCC(C(=O)NCc2cccc(C(F)(F)F)n2)N1C1CC1. The van der Waals surface area contributed by atoms with E-state index in [1.54, 1.807) is 4.90 Å². The highest BCUT2D eigenvalue weighted by atomic mass is 19.4. The second kappa shape index (κ2) is 6.62. The highest BCUT2D eigenvalue weighted by molar-refractivity contribution is 5.84. The average Bonchev–Trinajstić information content (AvgIpc) is 3.29. The maximum absolute atomic E-state index is 12.7. The molecular weight excluding hydrogens is 339 g/mol. The topological polar surface area (TPSA) is 82.5 Å². The third kappa shape index (κ3) is 3.92. The fraction of sp³-hybridized carbons (Fsp3) is 0.562. The van der Waals surface area contributed by atoms with Crippen molar-refractivity contribution in [3.05, 3.63) is 29.6 Å². The Morgan fingerprint density at radius 1 is 1.20 bits per heavy atom. The number of pyridine rings is 1. The molecule has 1 aromatic heterocycles. The van der Waals surface area contributed by atoms with Crippen LogP contribution in [0.25, 0.3) is 0 Å². The van der Waals surface area contributed by atoms with E-state index in [1.165, 1.54) is 12.1 Å². The molecule has 136 valence electrons. The van der Waals surface area contributed by atoms with E-state index in [0.717, 1.165) is 18.9 Å². The molecule has 1 saturated carbocycles. The third-order valence-corrected chi connectivity index (χ3v) is 4.53. The fourth-order valence-electron chi connectivity index (χ4n) is 3.26. The molecular formula is C16H18F3N3O3. The van der Waals surface area contributed by atoms with Crippen LogP contribution in [0.3, 0.4) is 0 Å². The van der Waals surface area contributed by atoms with Crippen LogP contribution >= 0.6 is 0 Å². The molecule has 1 amide bonds. The number of aromatic nitrogens is 1. The van der Waals surface area contributed by atoms with E-state index in [-0.39, 0.29) is 24.2 Å². The molecule has 1 saturated heterocycles. The molecule has 2 N–H and O–H groups in total. The smallest absolute Gasteiger partial charge is 0.433 e. The monoisotopic (exact) mass is 357 g/mol. The first kappa shape index (κ1) is 17.7. The normalized spacial score (nSPS) is 24.3. The summed E-state index contributed by atoms with van der Waals surface area (Å²) < 4.78 is 38.0. The van der Waals surface area contributed by atoms with E-state index < -0.39 is 29.9 Å². The number of nitrogens with one attached hydrogen (secondary N) is 1. The number of rotatable bonds is 5. The predicted molar refractivity (Wildman–Crippen MR) is 80.4 cm³/mol. The number of carboxylic acid groups (broad SMARTS) is 1. The molecule has 0 aromatic carbocycles. The van der Waals surface area contributed by atoms with Crippen LogP contribution in [-0.2, 0) is 22.3 Å². The Morgan fingerprint density at radius 3 is 2.48 bits per heavy atom. The lowest BCUT2D eigenvalue weighted by Gasteiger charge is -2.27. The van der Waals surface area contributed by atoms with Gasteiger partial charge >= 0.3 is 12.1 Å². The van der Waals surface area contributed by atoms with Crippen molar-refractivity contribution in [1.29, 1.82) is 0 Å². The van der Waals surface area contributed by atoms with Crippen LogP contribution in [0.4, 0.5) is 13.2 Å². The molecule has 3 rings (SSSR count). The molecule has 1 aromatic rings. The van der Waals surface area contributed by atoms with Crippen LogP contribution in [0.15, 0.2) is 18.2 Å². The average molecular weight is 357 g/mol. The number of carboxylic acids is 1. The molecule has 25 heavy (non-hydrogen) atoms. The van der Waals surface area contributed by atoms with Gasteiger partial charge in [-0.05, 0) is 37.8 Å². The number of halogens is 3. The standard InChI is InChI=1S/C16H18F3N3O3/c17-16(18,19)13-3-1-2-9(21-13)8-20-14(23)11-6-7-12(15(24)25)22(11)10-4-5-10/h1-3,10-12H,4-8H2,(H,20,23)(H,24,25). The molecule has 2 atom stereocenters. The zero-order valence-electron chi connectivity index (χ0n) is 13.3. The Morgan fingerprint density at radius 2 is 1.88 bits per heavy atom. The Hall–Kier alpha value is -2.16. The number of nitrogens with zero attached hydrogens (tertiary/aromatic N) is 2. The van der Waals surface area contributed by atoms with E-state index in [9.17, 15) is 27.9 Å². The van der Waals surface area contributed by atoms with Gasteiger partial charge in [0.15, 0.2) is 0 Å². The van der Waals surface area contributed by atoms with Gasteiger partial charge in [0.1, 0.15) is 11.7 Å². The Balaban J connectivity index is 1.64. The Labute approximate surface area is 142 Å². The van der Waals surface area contributed by atoms with Crippen LogP contribution in [0.2, 0.25) is 0 Å². The largest absolute Gasteiger partial charge is 0.480 e. The van der Waals surface area contributed by atoms with Gasteiger partial charge in [-0.15, -0.1) is 0 Å². The summed E-state index contributed by atoms with van der Waals surface area (Å²) in [5, 5.41) is 11.9. The molecule has 9 heteroatoms. The lowest BCUT2D eigenvalue weighted by molar-refractivity contribution is -0.143. The quantitative estimate of drug-likeness (QED) is 0.840. The van der Waals surface area contributed by atoms with Crippen molar-refractivity contribution in [3.8, 4) is 0 Å². The number of carbonyl (C=O) groups excluding carboxylic acids is 1. The summed E-state index contributed by atoms with van der Waals surface area (Å²) >= 11 is 0.